The smallest absolute Gasteiger partial charge is 0.298 e. The predicted molar refractivity (Wildman–Crippen MR) is 94.0 cm³/mol. The number of alkyl halides is 3. The number of nitrogens with one attached hydrogen (secondary N) is 2. The molecule has 26 heavy (non-hydrogen) atoms. The van der Waals surface area contributed by atoms with Gasteiger partial charge in [-0.2, -0.15) is 18.3 Å². The number of benzene rings is 2. The van der Waals surface area contributed by atoms with E-state index < -0.39 is 17.6 Å². The average molecular weight is 362 g/mol. The van der Waals surface area contributed by atoms with E-state index in [0.29, 0.717) is 5.56 Å². The van der Waals surface area contributed by atoms with Crippen molar-refractivity contribution in [3.63, 3.8) is 0 Å². The van der Waals surface area contributed by atoms with Crippen LogP contribution >= 0.6 is 0 Å². The number of hydrazone groups is 1. The number of nitrogens with zero attached hydrogens (tertiary/aromatic N) is 2. The fourth-order valence-corrected chi connectivity index (χ4v) is 2.52. The normalized spacial score (nSPS) is 14.2. The van der Waals surface area contributed by atoms with Gasteiger partial charge in [-0.25, -0.2) is 0 Å². The Morgan fingerprint density at radius 3 is 2.50 bits per heavy atom. The lowest BCUT2D eigenvalue weighted by molar-refractivity contribution is -0.137. The molecule has 1 aliphatic rings. The average Bonchev–Trinajstić information content (AvgIpc) is 3.06. The van der Waals surface area contributed by atoms with E-state index in [9.17, 15) is 18.0 Å². The highest BCUT2D eigenvalue weighted by Crippen LogP contribution is 2.30. The zero-order chi connectivity index (χ0) is 18.7. The van der Waals surface area contributed by atoms with Crippen LogP contribution in [0.4, 0.5) is 24.5 Å². The molecule has 0 aliphatic carbocycles. The first-order valence-electron chi connectivity index (χ1n) is 7.98. The summed E-state index contributed by atoms with van der Waals surface area (Å²) in [6, 6.07) is 11.4. The molecule has 0 saturated heterocycles. The molecule has 0 unspecified atom stereocenters. The molecule has 5 nitrogen and oxygen atoms in total. The van der Waals surface area contributed by atoms with E-state index in [1.807, 2.05) is 11.9 Å². The van der Waals surface area contributed by atoms with Crippen molar-refractivity contribution in [2.24, 2.45) is 5.10 Å². The summed E-state index contributed by atoms with van der Waals surface area (Å²) in [6.45, 7) is 2.76. The fourth-order valence-electron chi connectivity index (χ4n) is 2.52. The first kappa shape index (κ1) is 17.8. The minimum absolute atomic E-state index is 0.145. The Hall–Kier alpha value is -3.03. The maximum Gasteiger partial charge on any atom is 0.416 e. The van der Waals surface area contributed by atoms with Gasteiger partial charge in [-0.3, -0.25) is 20.7 Å². The second-order valence-corrected chi connectivity index (χ2v) is 5.91. The van der Waals surface area contributed by atoms with E-state index in [-0.39, 0.29) is 5.69 Å². The SMILES string of the molecule is CC1=NN(c2ccc(C(=O)NNc3cccc(C(F)(F)F)c3)cc2)CC1. The zero-order valence-corrected chi connectivity index (χ0v) is 14.0. The highest BCUT2D eigenvalue weighted by molar-refractivity contribution is 5.95. The van der Waals surface area contributed by atoms with Crippen molar-refractivity contribution in [1.29, 1.82) is 0 Å². The van der Waals surface area contributed by atoms with Gasteiger partial charge in [0, 0.05) is 24.2 Å². The van der Waals surface area contributed by atoms with E-state index in [2.05, 4.69) is 16.0 Å². The lowest BCUT2D eigenvalue weighted by atomic mass is 10.2. The Morgan fingerprint density at radius 1 is 1.15 bits per heavy atom. The van der Waals surface area contributed by atoms with E-state index in [0.717, 1.165) is 36.5 Å². The number of rotatable bonds is 4. The van der Waals surface area contributed by atoms with Crippen LogP contribution in [0.25, 0.3) is 0 Å². The Labute approximate surface area is 148 Å². The number of carbonyl (C=O) groups excluding carboxylic acids is 1. The van der Waals surface area contributed by atoms with Gasteiger partial charge in [-0.1, -0.05) is 6.07 Å². The molecule has 2 N–H and O–H groups in total. The first-order chi connectivity index (χ1) is 12.3. The van der Waals surface area contributed by atoms with Gasteiger partial charge in [-0.05, 0) is 49.4 Å². The van der Waals surface area contributed by atoms with Crippen LogP contribution < -0.4 is 15.9 Å². The van der Waals surface area contributed by atoms with E-state index in [4.69, 9.17) is 0 Å². The Balaban J connectivity index is 1.62. The summed E-state index contributed by atoms with van der Waals surface area (Å²) in [7, 11) is 0. The summed E-state index contributed by atoms with van der Waals surface area (Å²) in [5.74, 6) is -0.449. The highest BCUT2D eigenvalue weighted by atomic mass is 19.4. The minimum Gasteiger partial charge on any atom is -0.298 e. The summed E-state index contributed by atoms with van der Waals surface area (Å²) < 4.78 is 38.1. The van der Waals surface area contributed by atoms with E-state index in [1.165, 1.54) is 12.1 Å². The molecule has 2 aromatic carbocycles. The third-order valence-electron chi connectivity index (χ3n) is 3.91. The summed E-state index contributed by atoms with van der Waals surface area (Å²) in [5.41, 5.74) is 6.56. The van der Waals surface area contributed by atoms with Crippen molar-refractivity contribution >= 4 is 23.0 Å². The molecule has 0 radical (unpaired) electrons. The van der Waals surface area contributed by atoms with Crippen LogP contribution in [-0.4, -0.2) is 18.2 Å². The molecule has 0 saturated carbocycles. The number of carbonyl (C=O) groups is 1. The lowest BCUT2D eigenvalue weighted by Crippen LogP contribution is -2.29. The molecule has 0 aromatic heterocycles. The van der Waals surface area contributed by atoms with Crippen LogP contribution in [0.2, 0.25) is 0 Å². The fraction of sp³-hybridized carbons (Fsp3) is 0.222. The standard InChI is InChI=1S/C18H17F3N4O/c1-12-9-10-25(24-12)16-7-5-13(6-8-16)17(26)23-22-15-4-2-3-14(11-15)18(19,20)21/h2-8,11,22H,9-10H2,1H3,(H,23,26). The molecular weight excluding hydrogens is 345 g/mol. The molecule has 8 heteroatoms. The molecule has 1 heterocycles. The summed E-state index contributed by atoms with van der Waals surface area (Å²) in [6.07, 6.45) is -3.53. The number of hydrogen-bond donors (Lipinski definition) is 2. The number of hydrazine groups is 1. The van der Waals surface area contributed by atoms with Gasteiger partial charge in [-0.15, -0.1) is 0 Å². The van der Waals surface area contributed by atoms with Crippen LogP contribution in [0.1, 0.15) is 29.3 Å². The van der Waals surface area contributed by atoms with Crippen LogP contribution in [0.3, 0.4) is 0 Å². The molecular formula is C18H17F3N4O. The van der Waals surface area contributed by atoms with Crippen molar-refractivity contribution in [2.45, 2.75) is 19.5 Å². The Kier molecular flexibility index (Phi) is 4.83. The van der Waals surface area contributed by atoms with E-state index >= 15 is 0 Å². The summed E-state index contributed by atoms with van der Waals surface area (Å²) in [4.78, 5) is 12.1. The maximum atomic E-state index is 12.7. The van der Waals surface area contributed by atoms with E-state index in [1.54, 1.807) is 24.3 Å². The molecule has 136 valence electrons. The Bertz CT molecular complexity index is 831. The maximum absolute atomic E-state index is 12.7. The number of halogens is 3. The Morgan fingerprint density at radius 2 is 1.88 bits per heavy atom. The second kappa shape index (κ2) is 7.07. The number of amides is 1. The third-order valence-corrected chi connectivity index (χ3v) is 3.91. The van der Waals surface area contributed by atoms with Gasteiger partial charge in [0.15, 0.2) is 0 Å². The largest absolute Gasteiger partial charge is 0.416 e. The van der Waals surface area contributed by atoms with Crippen molar-refractivity contribution < 1.29 is 18.0 Å². The zero-order valence-electron chi connectivity index (χ0n) is 14.0. The first-order valence-corrected chi connectivity index (χ1v) is 7.98. The van der Waals surface area contributed by atoms with Gasteiger partial charge in [0.2, 0.25) is 0 Å². The summed E-state index contributed by atoms with van der Waals surface area (Å²) >= 11 is 0. The monoisotopic (exact) mass is 362 g/mol. The highest BCUT2D eigenvalue weighted by Gasteiger charge is 2.30. The predicted octanol–water partition coefficient (Wildman–Crippen LogP) is 4.05. The topological polar surface area (TPSA) is 56.7 Å². The van der Waals surface area contributed by atoms with Gasteiger partial charge in [0.05, 0.1) is 16.9 Å². The molecule has 2 aromatic rings. The second-order valence-electron chi connectivity index (χ2n) is 5.91. The lowest BCUT2D eigenvalue weighted by Gasteiger charge is -2.14. The minimum atomic E-state index is -4.44. The van der Waals surface area contributed by atoms with Crippen molar-refractivity contribution in [2.75, 3.05) is 17.0 Å². The van der Waals surface area contributed by atoms with Crippen LogP contribution in [0.15, 0.2) is 53.6 Å². The molecule has 0 spiro atoms. The van der Waals surface area contributed by atoms with Crippen molar-refractivity contribution in [3.05, 3.63) is 59.7 Å². The van der Waals surface area contributed by atoms with Gasteiger partial charge < -0.3 is 0 Å². The van der Waals surface area contributed by atoms with Crippen LogP contribution in [0, 0.1) is 0 Å². The van der Waals surface area contributed by atoms with Gasteiger partial charge in [0.1, 0.15) is 0 Å². The van der Waals surface area contributed by atoms with Crippen molar-refractivity contribution in [1.82, 2.24) is 5.43 Å². The summed E-state index contributed by atoms with van der Waals surface area (Å²) in [5, 5.41) is 6.24. The molecule has 1 amide bonds. The molecule has 3 rings (SSSR count). The molecule has 0 bridgehead atoms. The number of hydrogen-bond acceptors (Lipinski definition) is 4. The molecule has 0 atom stereocenters. The molecule has 1 aliphatic heterocycles. The third kappa shape index (κ3) is 4.14. The van der Waals surface area contributed by atoms with Crippen LogP contribution in [-0.2, 0) is 6.18 Å². The van der Waals surface area contributed by atoms with Crippen molar-refractivity contribution in [3.8, 4) is 0 Å². The molecule has 0 fully saturated rings. The number of anilines is 2. The van der Waals surface area contributed by atoms with Gasteiger partial charge >= 0.3 is 6.18 Å². The quantitative estimate of drug-likeness (QED) is 0.807. The van der Waals surface area contributed by atoms with Gasteiger partial charge in [0.25, 0.3) is 5.91 Å². The van der Waals surface area contributed by atoms with Crippen LogP contribution in [0.5, 0.6) is 0 Å².